The van der Waals surface area contributed by atoms with E-state index in [0.717, 1.165) is 35.0 Å². The summed E-state index contributed by atoms with van der Waals surface area (Å²) in [7, 11) is 0. The number of piperidine rings is 1. The van der Waals surface area contributed by atoms with Crippen LogP contribution in [-0.2, 0) is 4.74 Å². The number of hydrogen-bond acceptors (Lipinski definition) is 6. The molecule has 1 aromatic carbocycles. The molecule has 0 saturated carbocycles. The first-order valence-electron chi connectivity index (χ1n) is 10.9. The topological polar surface area (TPSA) is 86.3 Å². The highest BCUT2D eigenvalue weighted by Gasteiger charge is 2.30. The highest BCUT2D eigenvalue weighted by Crippen LogP contribution is 2.31. The van der Waals surface area contributed by atoms with E-state index in [2.05, 4.69) is 49.1 Å². The highest BCUT2D eigenvalue weighted by atomic mass is 16.6. The van der Waals surface area contributed by atoms with E-state index in [1.54, 1.807) is 9.58 Å². The van der Waals surface area contributed by atoms with Crippen LogP contribution >= 0.6 is 0 Å². The molecule has 1 fully saturated rings. The Kier molecular flexibility index (Phi) is 5.49. The van der Waals surface area contributed by atoms with Gasteiger partial charge in [-0.1, -0.05) is 32.0 Å². The van der Waals surface area contributed by atoms with Gasteiger partial charge in [-0.2, -0.15) is 14.8 Å². The maximum Gasteiger partial charge on any atom is 0.410 e. The van der Waals surface area contributed by atoms with Gasteiger partial charge < -0.3 is 14.2 Å². The van der Waals surface area contributed by atoms with Gasteiger partial charge in [0.25, 0.3) is 5.95 Å². The molecule has 3 aromatic rings. The van der Waals surface area contributed by atoms with Crippen molar-refractivity contribution in [3.63, 3.8) is 0 Å². The molecule has 0 aliphatic carbocycles. The molecule has 8 heteroatoms. The summed E-state index contributed by atoms with van der Waals surface area (Å²) in [5.74, 6) is 1.46. The van der Waals surface area contributed by atoms with Crippen molar-refractivity contribution in [3.8, 4) is 5.95 Å². The zero-order chi connectivity index (χ0) is 22.3. The summed E-state index contributed by atoms with van der Waals surface area (Å²) < 4.78 is 12.9. The van der Waals surface area contributed by atoms with Gasteiger partial charge in [0.2, 0.25) is 5.89 Å². The minimum atomic E-state index is -0.491. The molecule has 0 N–H and O–H groups in total. The van der Waals surface area contributed by atoms with Crippen molar-refractivity contribution in [2.24, 2.45) is 0 Å². The fourth-order valence-corrected chi connectivity index (χ4v) is 4.04. The van der Waals surface area contributed by atoms with E-state index in [1.165, 1.54) is 0 Å². The largest absolute Gasteiger partial charge is 0.444 e. The number of aromatic nitrogens is 4. The highest BCUT2D eigenvalue weighted by molar-refractivity contribution is 5.86. The van der Waals surface area contributed by atoms with Gasteiger partial charge in [-0.3, -0.25) is 0 Å². The molecule has 1 amide bonds. The second-order valence-corrected chi connectivity index (χ2v) is 9.60. The van der Waals surface area contributed by atoms with Gasteiger partial charge >= 0.3 is 6.09 Å². The molecule has 1 saturated heterocycles. The summed E-state index contributed by atoms with van der Waals surface area (Å²) >= 11 is 0. The number of para-hydroxylation sites is 1. The number of carbonyl (C=O) groups is 1. The van der Waals surface area contributed by atoms with E-state index >= 15 is 0 Å². The molecule has 4 rings (SSSR count). The van der Waals surface area contributed by atoms with Crippen molar-refractivity contribution in [3.05, 3.63) is 35.3 Å². The molecule has 1 aliphatic rings. The SMILES string of the molecule is Cc1cccc2c(C(C)C)nn(-c3noc(C4CCN(C(=O)OC(C)(C)C)CC4)n3)c12. The first-order chi connectivity index (χ1) is 14.6. The Morgan fingerprint density at radius 1 is 1.23 bits per heavy atom. The van der Waals surface area contributed by atoms with E-state index in [-0.39, 0.29) is 17.9 Å². The summed E-state index contributed by atoms with van der Waals surface area (Å²) in [5, 5.41) is 10.2. The third-order valence-corrected chi connectivity index (χ3v) is 5.60. The van der Waals surface area contributed by atoms with Gasteiger partial charge in [0.05, 0.1) is 11.2 Å². The summed E-state index contributed by atoms with van der Waals surface area (Å²) in [6.45, 7) is 13.2. The van der Waals surface area contributed by atoms with Crippen LogP contribution in [0.1, 0.15) is 76.4 Å². The summed E-state index contributed by atoms with van der Waals surface area (Å²) in [4.78, 5) is 18.7. The first-order valence-corrected chi connectivity index (χ1v) is 10.9. The van der Waals surface area contributed by atoms with Gasteiger partial charge in [-0.25, -0.2) is 4.79 Å². The van der Waals surface area contributed by atoms with E-state index < -0.39 is 5.60 Å². The zero-order valence-corrected chi connectivity index (χ0v) is 19.2. The molecular weight excluding hydrogens is 394 g/mol. The molecule has 2 aromatic heterocycles. The summed E-state index contributed by atoms with van der Waals surface area (Å²) in [5.41, 5.74) is 2.66. The van der Waals surface area contributed by atoms with Crippen molar-refractivity contribution in [2.45, 2.75) is 71.8 Å². The van der Waals surface area contributed by atoms with E-state index in [1.807, 2.05) is 20.8 Å². The molecular formula is C23H31N5O3. The fourth-order valence-electron chi connectivity index (χ4n) is 4.04. The molecule has 3 heterocycles. The number of fused-ring (bicyclic) bond motifs is 1. The molecule has 0 unspecified atom stereocenters. The van der Waals surface area contributed by atoms with Crippen LogP contribution in [0.2, 0.25) is 0 Å². The van der Waals surface area contributed by atoms with Gasteiger partial charge in [-0.15, -0.1) is 0 Å². The van der Waals surface area contributed by atoms with Gasteiger partial charge in [-0.05, 0) is 57.2 Å². The third-order valence-electron chi connectivity index (χ3n) is 5.60. The van der Waals surface area contributed by atoms with Crippen LogP contribution in [0, 0.1) is 6.92 Å². The van der Waals surface area contributed by atoms with Gasteiger partial charge in [0, 0.05) is 24.4 Å². The van der Waals surface area contributed by atoms with Crippen LogP contribution in [0.3, 0.4) is 0 Å². The Balaban J connectivity index is 1.53. The van der Waals surface area contributed by atoms with Crippen molar-refractivity contribution in [1.82, 2.24) is 24.8 Å². The fraction of sp³-hybridized carbons (Fsp3) is 0.565. The Labute approximate surface area is 182 Å². The second kappa shape index (κ2) is 7.98. The van der Waals surface area contributed by atoms with E-state index in [4.69, 9.17) is 14.4 Å². The second-order valence-electron chi connectivity index (χ2n) is 9.60. The predicted molar refractivity (Wildman–Crippen MR) is 118 cm³/mol. The number of hydrogen-bond donors (Lipinski definition) is 0. The van der Waals surface area contributed by atoms with Crippen molar-refractivity contribution < 1.29 is 14.1 Å². The number of nitrogens with zero attached hydrogens (tertiary/aromatic N) is 5. The van der Waals surface area contributed by atoms with Crippen LogP contribution in [-0.4, -0.2) is 49.6 Å². The third kappa shape index (κ3) is 4.29. The van der Waals surface area contributed by atoms with Crippen LogP contribution in [0.5, 0.6) is 0 Å². The van der Waals surface area contributed by atoms with Crippen molar-refractivity contribution in [2.75, 3.05) is 13.1 Å². The number of benzene rings is 1. The Morgan fingerprint density at radius 3 is 2.58 bits per heavy atom. The Morgan fingerprint density at radius 2 is 1.94 bits per heavy atom. The Hall–Kier alpha value is -2.90. The lowest BCUT2D eigenvalue weighted by molar-refractivity contribution is 0.0198. The molecule has 0 atom stereocenters. The number of rotatable bonds is 3. The average molecular weight is 426 g/mol. The minimum Gasteiger partial charge on any atom is -0.444 e. The quantitative estimate of drug-likeness (QED) is 0.590. The molecule has 0 spiro atoms. The number of likely N-dealkylation sites (tertiary alicyclic amines) is 1. The monoisotopic (exact) mass is 425 g/mol. The smallest absolute Gasteiger partial charge is 0.410 e. The molecule has 31 heavy (non-hydrogen) atoms. The lowest BCUT2D eigenvalue weighted by atomic mass is 9.97. The van der Waals surface area contributed by atoms with Crippen LogP contribution in [0.4, 0.5) is 4.79 Å². The number of ether oxygens (including phenoxy) is 1. The minimum absolute atomic E-state index is 0.118. The molecule has 8 nitrogen and oxygen atoms in total. The van der Waals surface area contributed by atoms with Crippen LogP contribution in [0.25, 0.3) is 16.9 Å². The standard InChI is InChI=1S/C23H31N5O3/c1-14(2)18-17-9-7-8-15(3)19(17)28(25-18)21-24-20(31-26-21)16-10-12-27(13-11-16)22(29)30-23(4,5)6/h7-9,14,16H,10-13H2,1-6H3. The predicted octanol–water partition coefficient (Wildman–Crippen LogP) is 4.95. The molecule has 0 radical (unpaired) electrons. The summed E-state index contributed by atoms with van der Waals surface area (Å²) in [6.07, 6.45) is 1.26. The lowest BCUT2D eigenvalue weighted by Crippen LogP contribution is -2.41. The zero-order valence-electron chi connectivity index (χ0n) is 19.2. The molecule has 0 bridgehead atoms. The van der Waals surface area contributed by atoms with Gasteiger partial charge in [0.15, 0.2) is 0 Å². The molecule has 166 valence electrons. The van der Waals surface area contributed by atoms with Crippen LogP contribution in [0.15, 0.2) is 22.7 Å². The van der Waals surface area contributed by atoms with E-state index in [9.17, 15) is 4.79 Å². The number of carbonyl (C=O) groups excluding carboxylic acids is 1. The first kappa shape index (κ1) is 21.3. The van der Waals surface area contributed by atoms with Crippen LogP contribution < -0.4 is 0 Å². The van der Waals surface area contributed by atoms with E-state index in [0.29, 0.717) is 24.9 Å². The maximum absolute atomic E-state index is 12.3. The van der Waals surface area contributed by atoms with Crippen molar-refractivity contribution >= 4 is 17.0 Å². The lowest BCUT2D eigenvalue weighted by Gasteiger charge is -2.32. The number of aryl methyl sites for hydroxylation is 1. The van der Waals surface area contributed by atoms with Crippen molar-refractivity contribution in [1.29, 1.82) is 0 Å². The summed E-state index contributed by atoms with van der Waals surface area (Å²) in [6, 6.07) is 6.21. The average Bonchev–Trinajstić information content (AvgIpc) is 3.32. The number of amides is 1. The maximum atomic E-state index is 12.3. The van der Waals surface area contributed by atoms with Gasteiger partial charge in [0.1, 0.15) is 5.60 Å². The molecule has 1 aliphatic heterocycles. The Bertz CT molecular complexity index is 1080. The normalized spacial score (nSPS) is 15.8.